The van der Waals surface area contributed by atoms with E-state index in [1.807, 2.05) is 42.5 Å². The summed E-state index contributed by atoms with van der Waals surface area (Å²) in [5, 5.41) is 13.8. The van der Waals surface area contributed by atoms with Crippen LogP contribution in [-0.2, 0) is 5.41 Å². The van der Waals surface area contributed by atoms with Gasteiger partial charge in [-0.05, 0) is 58.0 Å². The van der Waals surface area contributed by atoms with Crippen LogP contribution >= 0.6 is 22.6 Å². The second-order valence-electron chi connectivity index (χ2n) is 5.81. The van der Waals surface area contributed by atoms with Crippen molar-refractivity contribution in [2.24, 2.45) is 0 Å². The Morgan fingerprint density at radius 3 is 2.46 bits per heavy atom. The summed E-state index contributed by atoms with van der Waals surface area (Å²) in [6.45, 7) is 0. The zero-order valence-electron chi connectivity index (χ0n) is 12.8. The molecule has 2 aromatic carbocycles. The van der Waals surface area contributed by atoms with Crippen molar-refractivity contribution in [2.45, 2.75) is 11.5 Å². The molecule has 0 saturated carbocycles. The number of nitrogens with one attached hydrogen (secondary N) is 1. The van der Waals surface area contributed by atoms with Crippen LogP contribution in [0.3, 0.4) is 0 Å². The molecule has 0 aliphatic carbocycles. The van der Waals surface area contributed by atoms with Gasteiger partial charge in [0.05, 0.1) is 23.5 Å². The van der Waals surface area contributed by atoms with Crippen LogP contribution < -0.4 is 5.32 Å². The highest BCUT2D eigenvalue weighted by atomic mass is 127. The fraction of sp³-hybridized carbons (Fsp3) is 0.100. The Morgan fingerprint density at radius 2 is 1.75 bits per heavy atom. The molecule has 0 unspecified atom stereocenters. The first kappa shape index (κ1) is 15.2. The third-order valence-electron chi connectivity index (χ3n) is 4.52. The number of anilines is 1. The Kier molecular flexibility index (Phi) is 3.73. The van der Waals surface area contributed by atoms with Gasteiger partial charge < -0.3 is 5.32 Å². The van der Waals surface area contributed by atoms with Gasteiger partial charge in [0.15, 0.2) is 5.41 Å². The molecule has 1 N–H and O–H groups in total. The summed E-state index contributed by atoms with van der Waals surface area (Å²) in [5.74, 6) is 0. The zero-order chi connectivity index (χ0) is 16.6. The van der Waals surface area contributed by atoms with Crippen molar-refractivity contribution in [3.05, 3.63) is 93.3 Å². The maximum absolute atomic E-state index is 10.3. The van der Waals surface area contributed by atoms with E-state index >= 15 is 0 Å². The number of fused-ring (bicyclic) bond motifs is 1. The normalized spacial score (nSPS) is 21.6. The number of hydrogen-bond donors (Lipinski definition) is 1. The van der Waals surface area contributed by atoms with Gasteiger partial charge in [0.1, 0.15) is 0 Å². The van der Waals surface area contributed by atoms with E-state index in [4.69, 9.17) is 0 Å². The van der Waals surface area contributed by atoms with E-state index < -0.39 is 5.41 Å². The third-order valence-corrected chi connectivity index (χ3v) is 5.24. The molecule has 0 radical (unpaired) electrons. The predicted molar refractivity (Wildman–Crippen MR) is 103 cm³/mol. The number of pyridine rings is 1. The molecule has 2 atom stereocenters. The molecule has 24 heavy (non-hydrogen) atoms. The summed E-state index contributed by atoms with van der Waals surface area (Å²) in [4.78, 5) is 4.57. The van der Waals surface area contributed by atoms with Crippen LogP contribution in [0.4, 0.5) is 5.69 Å². The number of nitrogens with zero attached hydrogens (tertiary/aromatic N) is 2. The maximum atomic E-state index is 10.3. The molecule has 4 rings (SSSR count). The Balaban J connectivity index is 1.97. The molecule has 0 saturated heterocycles. The van der Waals surface area contributed by atoms with Gasteiger partial charge >= 0.3 is 0 Å². The quantitative estimate of drug-likeness (QED) is 0.610. The van der Waals surface area contributed by atoms with Crippen LogP contribution in [0, 0.1) is 14.9 Å². The van der Waals surface area contributed by atoms with Gasteiger partial charge in [0.2, 0.25) is 0 Å². The Morgan fingerprint density at radius 1 is 1.00 bits per heavy atom. The minimum atomic E-state index is -0.843. The molecule has 0 fully saturated rings. The lowest BCUT2D eigenvalue weighted by Gasteiger charge is -2.29. The molecule has 2 heterocycles. The minimum absolute atomic E-state index is 0.174. The molecule has 116 valence electrons. The largest absolute Gasteiger partial charge is 0.374 e. The molecule has 4 heteroatoms. The lowest BCUT2D eigenvalue weighted by atomic mass is 9.72. The van der Waals surface area contributed by atoms with Gasteiger partial charge in [0, 0.05) is 9.77 Å². The van der Waals surface area contributed by atoms with Crippen molar-refractivity contribution >= 4 is 28.3 Å². The van der Waals surface area contributed by atoms with Crippen LogP contribution in [0.2, 0.25) is 0 Å². The topological polar surface area (TPSA) is 48.7 Å². The highest BCUT2D eigenvalue weighted by Crippen LogP contribution is 2.51. The van der Waals surface area contributed by atoms with E-state index in [1.54, 1.807) is 6.20 Å². The van der Waals surface area contributed by atoms with Crippen LogP contribution in [0.5, 0.6) is 0 Å². The number of halogens is 1. The van der Waals surface area contributed by atoms with E-state index in [0.717, 1.165) is 22.5 Å². The molecule has 1 aliphatic heterocycles. The summed E-state index contributed by atoms with van der Waals surface area (Å²) >= 11 is 2.29. The third kappa shape index (κ3) is 2.20. The van der Waals surface area contributed by atoms with Gasteiger partial charge in [-0.15, -0.1) is 0 Å². The lowest BCUT2D eigenvalue weighted by Crippen LogP contribution is -2.32. The van der Waals surface area contributed by atoms with Crippen molar-refractivity contribution in [1.82, 2.24) is 4.98 Å². The molecular weight excluding hydrogens is 409 g/mol. The molecular formula is C20H14IN3. The number of aromatic nitrogens is 1. The standard InChI is InChI=1S/C20H14IN3/c21-16-10-8-14(9-11-16)18-20(13-22,15-5-2-1-3-6-15)19-17(24-18)7-4-12-23-19/h1-12,18,24H/t18-,20-/m0/s1. The SMILES string of the molecule is N#C[C@@]1(c2ccccc2)c2ncccc2N[C@H]1c1ccc(I)cc1. The molecule has 3 aromatic rings. The van der Waals surface area contributed by atoms with Crippen molar-refractivity contribution in [3.8, 4) is 6.07 Å². The van der Waals surface area contributed by atoms with E-state index in [2.05, 4.69) is 63.2 Å². The number of benzene rings is 2. The summed E-state index contributed by atoms with van der Waals surface area (Å²) in [6, 6.07) is 24.5. The number of rotatable bonds is 2. The monoisotopic (exact) mass is 423 g/mol. The van der Waals surface area contributed by atoms with Crippen LogP contribution in [0.25, 0.3) is 0 Å². The van der Waals surface area contributed by atoms with Crippen LogP contribution in [0.1, 0.15) is 22.9 Å². The Labute approximate surface area is 154 Å². The second-order valence-corrected chi connectivity index (χ2v) is 7.06. The number of nitriles is 1. The second kappa shape index (κ2) is 5.91. The van der Waals surface area contributed by atoms with Gasteiger partial charge in [-0.1, -0.05) is 42.5 Å². The van der Waals surface area contributed by atoms with Crippen LogP contribution in [-0.4, -0.2) is 4.98 Å². The summed E-state index contributed by atoms with van der Waals surface area (Å²) < 4.78 is 1.17. The summed E-state index contributed by atoms with van der Waals surface area (Å²) in [6.07, 6.45) is 1.76. The molecule has 0 spiro atoms. The number of hydrogen-bond acceptors (Lipinski definition) is 3. The maximum Gasteiger partial charge on any atom is 0.150 e. The zero-order valence-corrected chi connectivity index (χ0v) is 14.9. The average molecular weight is 423 g/mol. The van der Waals surface area contributed by atoms with E-state index in [-0.39, 0.29) is 6.04 Å². The molecule has 0 amide bonds. The highest BCUT2D eigenvalue weighted by Gasteiger charge is 2.51. The summed E-state index contributed by atoms with van der Waals surface area (Å²) in [7, 11) is 0. The van der Waals surface area contributed by atoms with Crippen LogP contribution in [0.15, 0.2) is 72.9 Å². The Hall–Kier alpha value is -2.39. The molecule has 1 aliphatic rings. The predicted octanol–water partition coefficient (Wildman–Crippen LogP) is 4.66. The van der Waals surface area contributed by atoms with Gasteiger partial charge in [-0.2, -0.15) is 5.26 Å². The highest BCUT2D eigenvalue weighted by molar-refractivity contribution is 14.1. The van der Waals surface area contributed by atoms with Crippen molar-refractivity contribution in [2.75, 3.05) is 5.32 Å². The van der Waals surface area contributed by atoms with E-state index in [9.17, 15) is 5.26 Å². The van der Waals surface area contributed by atoms with Gasteiger partial charge in [-0.25, -0.2) is 0 Å². The summed E-state index contributed by atoms with van der Waals surface area (Å²) in [5.41, 5.74) is 2.92. The van der Waals surface area contributed by atoms with E-state index in [0.29, 0.717) is 0 Å². The molecule has 3 nitrogen and oxygen atoms in total. The smallest absolute Gasteiger partial charge is 0.150 e. The van der Waals surface area contributed by atoms with E-state index in [1.165, 1.54) is 3.57 Å². The van der Waals surface area contributed by atoms with Crippen molar-refractivity contribution < 1.29 is 0 Å². The first-order chi connectivity index (χ1) is 11.8. The van der Waals surface area contributed by atoms with Gasteiger partial charge in [-0.3, -0.25) is 4.98 Å². The Bertz CT molecular complexity index is 916. The molecule has 0 bridgehead atoms. The fourth-order valence-corrected chi connectivity index (χ4v) is 3.77. The average Bonchev–Trinajstić information content (AvgIpc) is 2.98. The first-order valence-electron chi connectivity index (χ1n) is 7.70. The minimum Gasteiger partial charge on any atom is -0.374 e. The van der Waals surface area contributed by atoms with Gasteiger partial charge in [0.25, 0.3) is 0 Å². The first-order valence-corrected chi connectivity index (χ1v) is 8.78. The lowest BCUT2D eigenvalue weighted by molar-refractivity contribution is 0.574. The molecule has 1 aromatic heterocycles. The van der Waals surface area contributed by atoms with Crippen molar-refractivity contribution in [3.63, 3.8) is 0 Å². The fourth-order valence-electron chi connectivity index (χ4n) is 3.41. The van der Waals surface area contributed by atoms with Crippen molar-refractivity contribution in [1.29, 1.82) is 5.26 Å².